The van der Waals surface area contributed by atoms with Gasteiger partial charge in [0.05, 0.1) is 19.6 Å². The zero-order chi connectivity index (χ0) is 13.0. The monoisotopic (exact) mass is 261 g/mol. The summed E-state index contributed by atoms with van der Waals surface area (Å²) in [5.41, 5.74) is -0.214. The Hall–Kier alpha value is -1.51. The third-order valence-corrected chi connectivity index (χ3v) is 2.88. The summed E-state index contributed by atoms with van der Waals surface area (Å²) in [4.78, 5) is 25.0. The molecule has 1 aromatic rings. The Balaban J connectivity index is 2.70. The van der Waals surface area contributed by atoms with E-state index < -0.39 is 24.1 Å². The van der Waals surface area contributed by atoms with Gasteiger partial charge >= 0.3 is 11.9 Å². The molecular weight excluding hydrogens is 250 g/mol. The summed E-state index contributed by atoms with van der Waals surface area (Å²) in [7, 11) is 1.16. The molecule has 0 bridgehead atoms. The zero-order valence-electron chi connectivity index (χ0n) is 8.86. The van der Waals surface area contributed by atoms with E-state index in [4.69, 9.17) is 5.11 Å². The molecule has 3 N–H and O–H groups in total. The number of carbonyl (C=O) groups excluding carboxylic acids is 1. The molecule has 0 radical (unpaired) electrons. The van der Waals surface area contributed by atoms with Gasteiger partial charge in [-0.2, -0.15) is 0 Å². The lowest BCUT2D eigenvalue weighted by Gasteiger charge is -2.13. The van der Waals surface area contributed by atoms with Gasteiger partial charge in [-0.05, 0) is 0 Å². The molecule has 0 fully saturated rings. The number of aliphatic hydroxyl groups is 2. The van der Waals surface area contributed by atoms with Crippen LogP contribution in [0.1, 0.15) is 28.0 Å². The summed E-state index contributed by atoms with van der Waals surface area (Å²) in [5.74, 6) is -1.89. The van der Waals surface area contributed by atoms with E-state index in [1.54, 1.807) is 0 Å². The van der Waals surface area contributed by atoms with Crippen molar-refractivity contribution in [3.05, 3.63) is 16.1 Å². The molecule has 0 saturated carbocycles. The number of aliphatic hydroxyl groups excluding tert-OH is 2. The highest BCUT2D eigenvalue weighted by atomic mass is 32.1. The maximum atomic E-state index is 10.9. The molecular formula is C9H11NO6S. The lowest BCUT2D eigenvalue weighted by molar-refractivity contribution is -0.144. The molecule has 7 nitrogen and oxygen atoms in total. The summed E-state index contributed by atoms with van der Waals surface area (Å²) < 4.78 is 4.33. The number of hydrogen-bond donors (Lipinski definition) is 3. The number of carbonyl (C=O) groups is 2. The minimum absolute atomic E-state index is 0.0406. The Morgan fingerprint density at radius 2 is 2.18 bits per heavy atom. The standard InChI is InChI=1S/C9H11NO6S/c1-16-6(12)2-5(11)7(13)8-10-4(3-17-8)9(14)15/h3,5,7,11,13H,2H2,1H3,(H,14,15). The van der Waals surface area contributed by atoms with Crippen molar-refractivity contribution in [2.75, 3.05) is 7.11 Å². The normalized spacial score (nSPS) is 14.1. The molecule has 2 atom stereocenters. The molecule has 0 aliphatic heterocycles. The fourth-order valence-corrected chi connectivity index (χ4v) is 1.89. The van der Waals surface area contributed by atoms with Gasteiger partial charge in [0, 0.05) is 5.38 Å². The van der Waals surface area contributed by atoms with Crippen molar-refractivity contribution >= 4 is 23.3 Å². The van der Waals surface area contributed by atoms with Crippen LogP contribution in [0.2, 0.25) is 0 Å². The maximum absolute atomic E-state index is 10.9. The predicted octanol–water partition coefficient (Wildman–Crippen LogP) is -0.201. The van der Waals surface area contributed by atoms with Crippen molar-refractivity contribution in [2.24, 2.45) is 0 Å². The quantitative estimate of drug-likeness (QED) is 0.628. The van der Waals surface area contributed by atoms with Crippen LogP contribution in [0.25, 0.3) is 0 Å². The van der Waals surface area contributed by atoms with Gasteiger partial charge < -0.3 is 20.1 Å². The molecule has 1 aromatic heterocycles. The van der Waals surface area contributed by atoms with Crippen LogP contribution in [0, 0.1) is 0 Å². The molecule has 2 unspecified atom stereocenters. The van der Waals surface area contributed by atoms with Gasteiger partial charge in [-0.25, -0.2) is 9.78 Å². The SMILES string of the molecule is COC(=O)CC(O)C(O)c1nc(C(=O)O)cs1. The second kappa shape index (κ2) is 5.71. The number of aromatic nitrogens is 1. The van der Waals surface area contributed by atoms with E-state index >= 15 is 0 Å². The molecule has 8 heteroatoms. The molecule has 17 heavy (non-hydrogen) atoms. The Labute approximate surface area is 100 Å². The Morgan fingerprint density at radius 1 is 1.53 bits per heavy atom. The lowest BCUT2D eigenvalue weighted by atomic mass is 10.1. The van der Waals surface area contributed by atoms with Crippen molar-refractivity contribution in [2.45, 2.75) is 18.6 Å². The first kappa shape index (κ1) is 13.6. The highest BCUT2D eigenvalue weighted by Gasteiger charge is 2.25. The number of methoxy groups -OCH3 is 1. The molecule has 0 saturated heterocycles. The van der Waals surface area contributed by atoms with Crippen molar-refractivity contribution in [1.82, 2.24) is 4.98 Å². The van der Waals surface area contributed by atoms with E-state index in [0.717, 1.165) is 18.4 Å². The first-order valence-corrected chi connectivity index (χ1v) is 5.45. The minimum Gasteiger partial charge on any atom is -0.476 e. The summed E-state index contributed by atoms with van der Waals surface area (Å²) in [6.45, 7) is 0. The van der Waals surface area contributed by atoms with Gasteiger partial charge in [-0.15, -0.1) is 11.3 Å². The molecule has 0 amide bonds. The number of carboxylic acid groups (broad SMARTS) is 1. The van der Waals surface area contributed by atoms with Crippen molar-refractivity contribution in [3.8, 4) is 0 Å². The third kappa shape index (κ3) is 3.48. The van der Waals surface area contributed by atoms with Crippen LogP contribution < -0.4 is 0 Å². The lowest BCUT2D eigenvalue weighted by Crippen LogP contribution is -2.22. The van der Waals surface area contributed by atoms with Crippen LogP contribution in [0.3, 0.4) is 0 Å². The van der Waals surface area contributed by atoms with Crippen molar-refractivity contribution < 1.29 is 29.6 Å². The largest absolute Gasteiger partial charge is 0.476 e. The number of esters is 1. The number of nitrogens with zero attached hydrogens (tertiary/aromatic N) is 1. The van der Waals surface area contributed by atoms with Crippen LogP contribution in [-0.2, 0) is 9.53 Å². The van der Waals surface area contributed by atoms with Gasteiger partial charge in [-0.3, -0.25) is 4.79 Å². The summed E-state index contributed by atoms with van der Waals surface area (Å²) in [6.07, 6.45) is -3.18. The fraction of sp³-hybridized carbons (Fsp3) is 0.444. The molecule has 0 aliphatic rings. The molecule has 0 spiro atoms. The Morgan fingerprint density at radius 3 is 2.65 bits per heavy atom. The zero-order valence-corrected chi connectivity index (χ0v) is 9.68. The minimum atomic E-state index is -1.41. The number of carboxylic acids is 1. The maximum Gasteiger partial charge on any atom is 0.355 e. The average Bonchev–Trinajstić information content (AvgIpc) is 2.77. The van der Waals surface area contributed by atoms with Gasteiger partial charge in [0.15, 0.2) is 5.69 Å². The van der Waals surface area contributed by atoms with Crippen LogP contribution in [0.5, 0.6) is 0 Å². The summed E-state index contributed by atoms with van der Waals surface area (Å²) in [6, 6.07) is 0. The number of rotatable bonds is 5. The highest BCUT2D eigenvalue weighted by Crippen LogP contribution is 2.23. The van der Waals surface area contributed by atoms with Crippen molar-refractivity contribution in [1.29, 1.82) is 0 Å². The van der Waals surface area contributed by atoms with Gasteiger partial charge in [0.25, 0.3) is 0 Å². The van der Waals surface area contributed by atoms with E-state index in [0.29, 0.717) is 0 Å². The van der Waals surface area contributed by atoms with Gasteiger partial charge in [0.1, 0.15) is 11.1 Å². The average molecular weight is 261 g/mol. The molecule has 0 aromatic carbocycles. The molecule has 1 rings (SSSR count). The predicted molar refractivity (Wildman–Crippen MR) is 56.7 cm³/mol. The van der Waals surface area contributed by atoms with E-state index in [-0.39, 0.29) is 17.1 Å². The first-order chi connectivity index (χ1) is 7.95. The summed E-state index contributed by atoms with van der Waals surface area (Å²) >= 11 is 0.895. The second-order valence-corrected chi connectivity index (χ2v) is 4.06. The van der Waals surface area contributed by atoms with Crippen LogP contribution in [-0.4, -0.2) is 45.5 Å². The number of aromatic carboxylic acids is 1. The molecule has 94 valence electrons. The number of ether oxygens (including phenoxy) is 1. The third-order valence-electron chi connectivity index (χ3n) is 1.96. The van der Waals surface area contributed by atoms with Crippen LogP contribution >= 0.6 is 11.3 Å². The van der Waals surface area contributed by atoms with E-state index in [1.807, 2.05) is 0 Å². The van der Waals surface area contributed by atoms with E-state index in [2.05, 4.69) is 9.72 Å². The van der Waals surface area contributed by atoms with E-state index in [1.165, 1.54) is 5.38 Å². The van der Waals surface area contributed by atoms with Crippen LogP contribution in [0.4, 0.5) is 0 Å². The molecule has 0 aliphatic carbocycles. The van der Waals surface area contributed by atoms with Gasteiger partial charge in [0.2, 0.25) is 0 Å². The van der Waals surface area contributed by atoms with Gasteiger partial charge in [-0.1, -0.05) is 0 Å². The fourth-order valence-electron chi connectivity index (χ4n) is 1.05. The van der Waals surface area contributed by atoms with Crippen molar-refractivity contribution in [3.63, 3.8) is 0 Å². The first-order valence-electron chi connectivity index (χ1n) is 4.57. The Bertz CT molecular complexity index is 417. The summed E-state index contributed by atoms with van der Waals surface area (Å²) in [5, 5.41) is 29.0. The Kier molecular flexibility index (Phi) is 4.55. The highest BCUT2D eigenvalue weighted by molar-refractivity contribution is 7.09. The smallest absolute Gasteiger partial charge is 0.355 e. The van der Waals surface area contributed by atoms with Crippen LogP contribution in [0.15, 0.2) is 5.38 Å². The topological polar surface area (TPSA) is 117 Å². The second-order valence-electron chi connectivity index (χ2n) is 3.17. The van der Waals surface area contributed by atoms with E-state index in [9.17, 15) is 19.8 Å². The molecule has 1 heterocycles. The number of hydrogen-bond acceptors (Lipinski definition) is 7. The number of thiazole rings is 1.